The quantitative estimate of drug-likeness (QED) is 0.910. The number of fused-ring (bicyclic) bond motifs is 1. The van der Waals surface area contributed by atoms with E-state index in [1.165, 1.54) is 0 Å². The summed E-state index contributed by atoms with van der Waals surface area (Å²) in [5, 5.41) is 5.96. The Kier molecular flexibility index (Phi) is 4.44. The highest BCUT2D eigenvalue weighted by Crippen LogP contribution is 2.26. The molecule has 1 aliphatic rings. The van der Waals surface area contributed by atoms with Gasteiger partial charge in [0.2, 0.25) is 5.91 Å². The molecule has 0 aromatic heterocycles. The molecule has 0 aliphatic carbocycles. The van der Waals surface area contributed by atoms with Crippen LogP contribution in [0.4, 0.5) is 10.1 Å². The molecule has 0 spiro atoms. The van der Waals surface area contributed by atoms with Crippen LogP contribution in [-0.4, -0.2) is 12.5 Å². The molecular formula is C19H21FN2O. The van der Waals surface area contributed by atoms with E-state index in [2.05, 4.69) is 10.6 Å². The van der Waals surface area contributed by atoms with Gasteiger partial charge in [0.25, 0.3) is 0 Å². The molecule has 0 saturated carbocycles. The maximum atomic E-state index is 14.6. The van der Waals surface area contributed by atoms with Crippen LogP contribution < -0.4 is 10.6 Å². The van der Waals surface area contributed by atoms with Gasteiger partial charge < -0.3 is 10.6 Å². The summed E-state index contributed by atoms with van der Waals surface area (Å²) >= 11 is 0. The number of carbonyl (C=O) groups excluding carboxylic acids is 1. The third-order valence-corrected chi connectivity index (χ3v) is 4.40. The predicted octanol–water partition coefficient (Wildman–Crippen LogP) is 3.52. The highest BCUT2D eigenvalue weighted by Gasteiger charge is 2.20. The van der Waals surface area contributed by atoms with Gasteiger partial charge in [-0.25, -0.2) is 4.39 Å². The fourth-order valence-electron chi connectivity index (χ4n) is 2.96. The summed E-state index contributed by atoms with van der Waals surface area (Å²) < 4.78 is 14.6. The van der Waals surface area contributed by atoms with Crippen molar-refractivity contribution in [2.45, 2.75) is 32.7 Å². The Morgan fingerprint density at radius 2 is 2.13 bits per heavy atom. The Morgan fingerprint density at radius 3 is 2.91 bits per heavy atom. The summed E-state index contributed by atoms with van der Waals surface area (Å²) in [5.41, 5.74) is 4.00. The van der Waals surface area contributed by atoms with E-state index in [1.54, 1.807) is 6.07 Å². The smallest absolute Gasteiger partial charge is 0.231 e. The minimum absolute atomic E-state index is 0.191. The zero-order valence-corrected chi connectivity index (χ0v) is 13.4. The molecule has 1 amide bonds. The Labute approximate surface area is 135 Å². The summed E-state index contributed by atoms with van der Waals surface area (Å²) in [5.74, 6) is -0.816. The van der Waals surface area contributed by atoms with Crippen LogP contribution in [-0.2, 0) is 17.8 Å². The molecule has 2 aromatic carbocycles. The number of halogens is 1. The van der Waals surface area contributed by atoms with Crippen molar-refractivity contribution < 1.29 is 9.18 Å². The van der Waals surface area contributed by atoms with Gasteiger partial charge in [0, 0.05) is 6.54 Å². The van der Waals surface area contributed by atoms with Crippen LogP contribution in [0.5, 0.6) is 0 Å². The van der Waals surface area contributed by atoms with Crippen molar-refractivity contribution in [1.82, 2.24) is 5.32 Å². The van der Waals surface area contributed by atoms with Crippen molar-refractivity contribution >= 4 is 11.6 Å². The normalized spacial score (nSPS) is 14.9. The average Bonchev–Trinajstić information content (AvgIpc) is 2.57. The van der Waals surface area contributed by atoms with Crippen LogP contribution in [0.3, 0.4) is 0 Å². The first kappa shape index (κ1) is 15.7. The molecule has 1 atom stereocenters. The summed E-state index contributed by atoms with van der Waals surface area (Å²) in [7, 11) is 0. The average molecular weight is 312 g/mol. The summed E-state index contributed by atoms with van der Waals surface area (Å²) in [4.78, 5) is 12.5. The molecule has 2 N–H and O–H groups in total. The van der Waals surface area contributed by atoms with Gasteiger partial charge in [0.15, 0.2) is 0 Å². The van der Waals surface area contributed by atoms with Crippen LogP contribution in [0.1, 0.15) is 35.1 Å². The number of rotatable bonds is 3. The maximum absolute atomic E-state index is 14.6. The number of hydrogen-bond acceptors (Lipinski definition) is 2. The van der Waals surface area contributed by atoms with E-state index in [0.29, 0.717) is 18.5 Å². The van der Waals surface area contributed by atoms with Gasteiger partial charge in [-0.15, -0.1) is 0 Å². The van der Waals surface area contributed by atoms with E-state index < -0.39 is 0 Å². The lowest BCUT2D eigenvalue weighted by Crippen LogP contribution is -2.26. The van der Waals surface area contributed by atoms with E-state index in [1.807, 2.05) is 44.2 Å². The molecule has 2 aromatic rings. The Morgan fingerprint density at radius 1 is 1.30 bits per heavy atom. The first-order valence-corrected chi connectivity index (χ1v) is 7.94. The van der Waals surface area contributed by atoms with Crippen molar-refractivity contribution in [3.8, 4) is 0 Å². The molecule has 3 rings (SSSR count). The lowest BCUT2D eigenvalue weighted by molar-refractivity contribution is -0.117. The van der Waals surface area contributed by atoms with Gasteiger partial charge in [0.05, 0.1) is 11.6 Å². The number of hydrogen-bond donors (Lipinski definition) is 2. The van der Waals surface area contributed by atoms with Crippen molar-refractivity contribution in [3.05, 3.63) is 64.5 Å². The van der Waals surface area contributed by atoms with Gasteiger partial charge in [0.1, 0.15) is 5.82 Å². The zero-order valence-electron chi connectivity index (χ0n) is 13.4. The molecule has 0 fully saturated rings. The second-order valence-electron chi connectivity index (χ2n) is 6.12. The molecule has 1 aliphatic heterocycles. The summed E-state index contributed by atoms with van der Waals surface area (Å²) in [6, 6.07) is 11.4. The highest BCUT2D eigenvalue weighted by molar-refractivity contribution is 5.95. The van der Waals surface area contributed by atoms with Gasteiger partial charge in [-0.1, -0.05) is 35.9 Å². The predicted molar refractivity (Wildman–Crippen MR) is 90.0 cm³/mol. The third kappa shape index (κ3) is 3.27. The fourth-order valence-corrected chi connectivity index (χ4v) is 2.96. The van der Waals surface area contributed by atoms with Crippen LogP contribution in [0.15, 0.2) is 36.4 Å². The highest BCUT2D eigenvalue weighted by atomic mass is 19.1. The van der Waals surface area contributed by atoms with E-state index in [4.69, 9.17) is 0 Å². The zero-order chi connectivity index (χ0) is 16.4. The Hall–Kier alpha value is -2.20. The standard InChI is InChI=1S/C19H21FN2O/c1-12-4-3-5-14(10-12)13(2)19(23)22-17-7-6-15-11-21-9-8-16(15)18(17)20/h3-7,10,13,21H,8-9,11H2,1-2H3,(H,22,23). The third-order valence-electron chi connectivity index (χ3n) is 4.40. The maximum Gasteiger partial charge on any atom is 0.231 e. The van der Waals surface area contributed by atoms with E-state index in [9.17, 15) is 9.18 Å². The Balaban J connectivity index is 1.80. The second-order valence-corrected chi connectivity index (χ2v) is 6.12. The van der Waals surface area contributed by atoms with Crippen LogP contribution >= 0.6 is 0 Å². The summed E-state index contributed by atoms with van der Waals surface area (Å²) in [6.45, 7) is 5.27. The second kappa shape index (κ2) is 6.50. The van der Waals surface area contributed by atoms with Gasteiger partial charge >= 0.3 is 0 Å². The lowest BCUT2D eigenvalue weighted by Gasteiger charge is -2.20. The van der Waals surface area contributed by atoms with Crippen molar-refractivity contribution in [3.63, 3.8) is 0 Å². The number of aryl methyl sites for hydroxylation is 1. The number of carbonyl (C=O) groups is 1. The molecule has 120 valence electrons. The molecule has 4 heteroatoms. The summed E-state index contributed by atoms with van der Waals surface area (Å²) in [6.07, 6.45) is 0.651. The monoisotopic (exact) mass is 312 g/mol. The Bertz CT molecular complexity index is 742. The molecule has 0 saturated heterocycles. The molecule has 0 bridgehead atoms. The largest absolute Gasteiger partial charge is 0.323 e. The van der Waals surface area contributed by atoms with Gasteiger partial charge in [-0.3, -0.25) is 4.79 Å². The SMILES string of the molecule is Cc1cccc(C(C)C(=O)Nc2ccc3c(c2F)CCNC3)c1. The first-order valence-electron chi connectivity index (χ1n) is 7.94. The minimum atomic E-state index is -0.327. The number of anilines is 1. The van der Waals surface area contributed by atoms with Crippen LogP contribution in [0.2, 0.25) is 0 Å². The number of benzene rings is 2. The van der Waals surface area contributed by atoms with Crippen LogP contribution in [0.25, 0.3) is 0 Å². The molecule has 3 nitrogen and oxygen atoms in total. The topological polar surface area (TPSA) is 41.1 Å². The van der Waals surface area contributed by atoms with Crippen molar-refractivity contribution in [2.75, 3.05) is 11.9 Å². The number of amides is 1. The van der Waals surface area contributed by atoms with Gasteiger partial charge in [-0.05, 0) is 49.6 Å². The fraction of sp³-hybridized carbons (Fsp3) is 0.316. The van der Waals surface area contributed by atoms with E-state index in [-0.39, 0.29) is 23.3 Å². The first-order chi connectivity index (χ1) is 11.1. The van der Waals surface area contributed by atoms with Crippen molar-refractivity contribution in [2.24, 2.45) is 0 Å². The lowest BCUT2D eigenvalue weighted by atomic mass is 9.97. The minimum Gasteiger partial charge on any atom is -0.323 e. The number of nitrogens with one attached hydrogen (secondary N) is 2. The van der Waals surface area contributed by atoms with E-state index in [0.717, 1.165) is 23.2 Å². The molecule has 1 unspecified atom stereocenters. The molecule has 23 heavy (non-hydrogen) atoms. The van der Waals surface area contributed by atoms with Crippen LogP contribution in [0, 0.1) is 12.7 Å². The molecule has 0 radical (unpaired) electrons. The molecular weight excluding hydrogens is 291 g/mol. The van der Waals surface area contributed by atoms with Gasteiger partial charge in [-0.2, -0.15) is 0 Å². The van der Waals surface area contributed by atoms with Crippen molar-refractivity contribution in [1.29, 1.82) is 0 Å². The molecule has 1 heterocycles. The van der Waals surface area contributed by atoms with E-state index >= 15 is 0 Å².